The summed E-state index contributed by atoms with van der Waals surface area (Å²) in [5.74, 6) is 1.10. The van der Waals surface area contributed by atoms with Crippen LogP contribution in [0.25, 0.3) is 5.69 Å². The van der Waals surface area contributed by atoms with Gasteiger partial charge in [0.05, 0.1) is 24.0 Å². The summed E-state index contributed by atoms with van der Waals surface area (Å²) in [6.45, 7) is 11.0. The molecule has 0 unspecified atom stereocenters. The second-order valence-electron chi connectivity index (χ2n) is 9.94. The molecule has 8 nitrogen and oxygen atoms in total. The van der Waals surface area contributed by atoms with Gasteiger partial charge >= 0.3 is 6.09 Å². The molecule has 0 saturated heterocycles. The zero-order valence-electron chi connectivity index (χ0n) is 19.8. The van der Waals surface area contributed by atoms with Crippen molar-refractivity contribution in [2.75, 3.05) is 31.6 Å². The van der Waals surface area contributed by atoms with Crippen LogP contribution in [0.5, 0.6) is 0 Å². The zero-order valence-corrected chi connectivity index (χ0v) is 19.8. The molecular weight excluding hydrogens is 406 g/mol. The minimum Gasteiger partial charge on any atom is -0.444 e. The molecule has 2 aliphatic rings. The van der Waals surface area contributed by atoms with Gasteiger partial charge in [0.25, 0.3) is 0 Å². The van der Waals surface area contributed by atoms with Crippen LogP contribution < -0.4 is 10.2 Å². The maximum Gasteiger partial charge on any atom is 0.410 e. The summed E-state index contributed by atoms with van der Waals surface area (Å²) in [7, 11) is 1.86. The van der Waals surface area contributed by atoms with E-state index in [0.29, 0.717) is 25.4 Å². The summed E-state index contributed by atoms with van der Waals surface area (Å²) in [5, 5.41) is 7.89. The number of nitrogens with one attached hydrogen (secondary N) is 1. The van der Waals surface area contributed by atoms with Gasteiger partial charge in [-0.15, -0.1) is 5.10 Å². The fourth-order valence-corrected chi connectivity index (χ4v) is 4.38. The van der Waals surface area contributed by atoms with E-state index in [1.165, 1.54) is 5.56 Å². The average Bonchev–Trinajstić information content (AvgIpc) is 3.09. The van der Waals surface area contributed by atoms with Crippen molar-refractivity contribution < 1.29 is 14.3 Å². The first-order valence-electron chi connectivity index (χ1n) is 11.2. The molecule has 0 spiro atoms. The number of nitrogens with zero attached hydrogens (tertiary/aromatic N) is 4. The summed E-state index contributed by atoms with van der Waals surface area (Å²) >= 11 is 0. The van der Waals surface area contributed by atoms with E-state index in [-0.39, 0.29) is 24.6 Å². The molecule has 8 heteroatoms. The molecule has 0 saturated carbocycles. The lowest BCUT2D eigenvalue weighted by Gasteiger charge is -2.38. The maximum absolute atomic E-state index is 13.0. The number of hydrogen-bond acceptors (Lipinski definition) is 5. The molecule has 0 bridgehead atoms. The van der Waals surface area contributed by atoms with Gasteiger partial charge in [0, 0.05) is 32.1 Å². The largest absolute Gasteiger partial charge is 0.444 e. The number of carbonyl (C=O) groups is 2. The molecule has 1 aromatic carbocycles. The van der Waals surface area contributed by atoms with Gasteiger partial charge in [0.15, 0.2) is 5.82 Å². The molecule has 32 heavy (non-hydrogen) atoms. The lowest BCUT2D eigenvalue weighted by Crippen LogP contribution is -2.49. The first-order chi connectivity index (χ1) is 15.0. The molecule has 1 aromatic heterocycles. The van der Waals surface area contributed by atoms with Gasteiger partial charge in [-0.25, -0.2) is 9.48 Å². The van der Waals surface area contributed by atoms with Crippen LogP contribution in [0.3, 0.4) is 0 Å². The van der Waals surface area contributed by atoms with Crippen molar-refractivity contribution >= 4 is 17.8 Å². The van der Waals surface area contributed by atoms with Crippen LogP contribution >= 0.6 is 0 Å². The Morgan fingerprint density at radius 2 is 1.91 bits per heavy atom. The summed E-state index contributed by atoms with van der Waals surface area (Å²) in [4.78, 5) is 29.0. The van der Waals surface area contributed by atoms with E-state index < -0.39 is 5.60 Å². The fourth-order valence-electron chi connectivity index (χ4n) is 4.38. The van der Waals surface area contributed by atoms with E-state index in [9.17, 15) is 9.59 Å². The quantitative estimate of drug-likeness (QED) is 0.776. The van der Waals surface area contributed by atoms with Crippen molar-refractivity contribution in [3.8, 4) is 5.69 Å². The van der Waals surface area contributed by atoms with Gasteiger partial charge in [0.2, 0.25) is 5.91 Å². The Bertz CT molecular complexity index is 1020. The van der Waals surface area contributed by atoms with E-state index in [2.05, 4.69) is 43.4 Å². The van der Waals surface area contributed by atoms with Crippen LogP contribution in [-0.4, -0.2) is 59.0 Å². The lowest BCUT2D eigenvalue weighted by atomic mass is 9.96. The van der Waals surface area contributed by atoms with Crippen molar-refractivity contribution in [3.05, 3.63) is 41.1 Å². The number of rotatable bonds is 2. The number of anilines is 1. The molecule has 0 aliphatic carbocycles. The molecule has 2 aromatic rings. The van der Waals surface area contributed by atoms with Crippen molar-refractivity contribution in [1.82, 2.24) is 20.0 Å². The molecule has 0 fully saturated rings. The van der Waals surface area contributed by atoms with Crippen LogP contribution in [-0.2, 0) is 16.0 Å². The van der Waals surface area contributed by atoms with E-state index in [1.807, 2.05) is 37.4 Å². The third-order valence-corrected chi connectivity index (χ3v) is 5.97. The Kier molecular flexibility index (Phi) is 5.65. The van der Waals surface area contributed by atoms with Crippen LogP contribution in [0.15, 0.2) is 24.3 Å². The van der Waals surface area contributed by atoms with Crippen molar-refractivity contribution in [2.24, 2.45) is 0 Å². The normalized spacial score (nSPS) is 18.7. The van der Waals surface area contributed by atoms with E-state index in [4.69, 9.17) is 9.84 Å². The average molecular weight is 440 g/mol. The van der Waals surface area contributed by atoms with Gasteiger partial charge in [-0.1, -0.05) is 26.0 Å². The fraction of sp³-hybridized carbons (Fsp3) is 0.542. The third kappa shape index (κ3) is 4.18. The summed E-state index contributed by atoms with van der Waals surface area (Å²) in [6.07, 6.45) is 0.289. The predicted molar refractivity (Wildman–Crippen MR) is 123 cm³/mol. The van der Waals surface area contributed by atoms with Crippen molar-refractivity contribution in [2.45, 2.75) is 58.6 Å². The monoisotopic (exact) mass is 439 g/mol. The molecule has 3 heterocycles. The Hall–Kier alpha value is -3.03. The minimum absolute atomic E-state index is 0.0924. The molecule has 1 atom stereocenters. The van der Waals surface area contributed by atoms with E-state index in [1.54, 1.807) is 4.90 Å². The van der Waals surface area contributed by atoms with Gasteiger partial charge < -0.3 is 15.0 Å². The topological polar surface area (TPSA) is 79.7 Å². The van der Waals surface area contributed by atoms with Crippen LogP contribution in [0.2, 0.25) is 0 Å². The standard InChI is InChI=1S/C24H33N5O3/c1-15(2)16-7-9-17(10-8-16)29-18-11-12-28(23(31)32-24(3,4)5)19-13-25-20(30)14-27(6)22(26-29)21(18)19/h7-10,15,19H,11-14H2,1-6H3,(H,25,30)/t19-/m0/s1. The van der Waals surface area contributed by atoms with E-state index >= 15 is 0 Å². The highest BCUT2D eigenvalue weighted by Gasteiger charge is 2.40. The number of aromatic nitrogens is 2. The van der Waals surface area contributed by atoms with Gasteiger partial charge in [-0.2, -0.15) is 0 Å². The van der Waals surface area contributed by atoms with Crippen molar-refractivity contribution in [1.29, 1.82) is 0 Å². The zero-order chi connectivity index (χ0) is 23.2. The molecule has 0 radical (unpaired) electrons. The number of benzene rings is 1. The highest BCUT2D eigenvalue weighted by molar-refractivity contribution is 5.82. The SMILES string of the molecule is CC(C)c1ccc(-n2nc3c4c2CCN(C(=O)OC(C)(C)C)[C@H]4CNC(=O)CN3C)cc1. The molecule has 1 N–H and O–H groups in total. The molecule has 2 aliphatic heterocycles. The number of ether oxygens (including phenoxy) is 1. The molecule has 4 rings (SSSR count). The Labute approximate surface area is 189 Å². The van der Waals surface area contributed by atoms with E-state index in [0.717, 1.165) is 22.8 Å². The van der Waals surface area contributed by atoms with Gasteiger partial charge in [0.1, 0.15) is 5.60 Å². The lowest BCUT2D eigenvalue weighted by molar-refractivity contribution is -0.120. The van der Waals surface area contributed by atoms with Crippen LogP contribution in [0.4, 0.5) is 10.6 Å². The van der Waals surface area contributed by atoms with Gasteiger partial charge in [-0.3, -0.25) is 9.69 Å². The number of likely N-dealkylation sites (N-methyl/N-ethyl adjacent to an activating group) is 1. The second kappa shape index (κ2) is 8.15. The minimum atomic E-state index is -0.593. The van der Waals surface area contributed by atoms with Crippen molar-refractivity contribution in [3.63, 3.8) is 0 Å². The van der Waals surface area contributed by atoms with Crippen LogP contribution in [0, 0.1) is 0 Å². The Balaban J connectivity index is 1.79. The van der Waals surface area contributed by atoms with Gasteiger partial charge in [-0.05, 0) is 44.4 Å². The highest BCUT2D eigenvalue weighted by atomic mass is 16.6. The number of hydrogen-bond donors (Lipinski definition) is 1. The number of amides is 2. The first kappa shape index (κ1) is 22.2. The Morgan fingerprint density at radius 3 is 2.53 bits per heavy atom. The predicted octanol–water partition coefficient (Wildman–Crippen LogP) is 3.40. The smallest absolute Gasteiger partial charge is 0.410 e. The summed E-state index contributed by atoms with van der Waals surface area (Å²) in [5.41, 5.74) is 3.72. The molecular formula is C24H33N5O3. The molecule has 2 amide bonds. The highest BCUT2D eigenvalue weighted by Crippen LogP contribution is 2.39. The summed E-state index contributed by atoms with van der Waals surface area (Å²) in [6, 6.07) is 8.11. The van der Waals surface area contributed by atoms with Crippen LogP contribution in [0.1, 0.15) is 63.4 Å². The first-order valence-corrected chi connectivity index (χ1v) is 11.2. The maximum atomic E-state index is 13.0. The number of carbonyl (C=O) groups excluding carboxylic acids is 2. The second-order valence-corrected chi connectivity index (χ2v) is 9.94. The Morgan fingerprint density at radius 1 is 1.22 bits per heavy atom. The molecule has 172 valence electrons. The summed E-state index contributed by atoms with van der Waals surface area (Å²) < 4.78 is 7.65. The third-order valence-electron chi connectivity index (χ3n) is 5.97.